The molecule has 0 spiro atoms. The molecule has 0 saturated carbocycles. The molecule has 1 amide bonds. The first-order chi connectivity index (χ1) is 7.28. The van der Waals surface area contributed by atoms with Crippen molar-refractivity contribution in [2.45, 2.75) is 9.33 Å². The molecule has 0 bridgehead atoms. The van der Waals surface area contributed by atoms with Gasteiger partial charge in [-0.25, -0.2) is 4.79 Å². The third kappa shape index (κ3) is 5.93. The van der Waals surface area contributed by atoms with E-state index in [9.17, 15) is 4.79 Å². The number of alkyl halides is 3. The summed E-state index contributed by atoms with van der Waals surface area (Å²) in [5, 5.41) is 28.7. The minimum absolute atomic E-state index is 0.498. The Morgan fingerprint density at radius 1 is 1.12 bits per heavy atom. The SMILES string of the molecule is O=C(NC(CO)(CO)CO)OCC(Cl)(Cl)Cl. The van der Waals surface area contributed by atoms with Crippen LogP contribution in [0.5, 0.6) is 0 Å². The number of hydrogen-bond donors (Lipinski definition) is 4. The van der Waals surface area contributed by atoms with E-state index < -0.39 is 41.9 Å². The fourth-order valence-electron chi connectivity index (χ4n) is 0.669. The molecule has 0 aliphatic heterocycles. The van der Waals surface area contributed by atoms with Crippen LogP contribution in [-0.2, 0) is 4.74 Å². The Morgan fingerprint density at radius 2 is 1.56 bits per heavy atom. The maximum atomic E-state index is 11.1. The second-order valence-corrected chi connectivity index (χ2v) is 5.59. The van der Waals surface area contributed by atoms with Gasteiger partial charge in [-0.05, 0) is 0 Å². The molecule has 0 aromatic carbocycles. The summed E-state index contributed by atoms with van der Waals surface area (Å²) in [7, 11) is 0. The van der Waals surface area contributed by atoms with Crippen LogP contribution in [0, 0.1) is 0 Å². The molecular weight excluding hydrogens is 284 g/mol. The highest BCUT2D eigenvalue weighted by Gasteiger charge is 2.31. The zero-order chi connectivity index (χ0) is 12.8. The first-order valence-corrected chi connectivity index (χ1v) is 5.26. The summed E-state index contributed by atoms with van der Waals surface area (Å²) in [4.78, 5) is 11.1. The summed E-state index contributed by atoms with van der Waals surface area (Å²) in [6.45, 7) is -2.49. The standard InChI is InChI=1S/C7H12Cl3NO5/c8-7(9,10)4-16-5(15)11-6(1-12,2-13)3-14/h12-14H,1-4H2,(H,11,15). The summed E-state index contributed by atoms with van der Waals surface area (Å²) in [6.07, 6.45) is -1.02. The van der Waals surface area contributed by atoms with Gasteiger partial charge in [-0.2, -0.15) is 0 Å². The molecule has 0 saturated heterocycles. The Balaban J connectivity index is 4.21. The normalized spacial score (nSPS) is 12.4. The summed E-state index contributed by atoms with van der Waals surface area (Å²) in [5.41, 5.74) is -1.56. The van der Waals surface area contributed by atoms with Gasteiger partial charge in [0.25, 0.3) is 0 Å². The van der Waals surface area contributed by atoms with Gasteiger partial charge in [0.1, 0.15) is 12.1 Å². The van der Waals surface area contributed by atoms with Gasteiger partial charge in [-0.15, -0.1) is 0 Å². The van der Waals surface area contributed by atoms with Gasteiger partial charge in [-0.3, -0.25) is 0 Å². The van der Waals surface area contributed by atoms with E-state index in [1.54, 1.807) is 0 Å². The molecule has 9 heteroatoms. The van der Waals surface area contributed by atoms with Crippen molar-refractivity contribution in [3.8, 4) is 0 Å². The molecule has 6 nitrogen and oxygen atoms in total. The van der Waals surface area contributed by atoms with Crippen molar-refractivity contribution in [1.29, 1.82) is 0 Å². The fourth-order valence-corrected chi connectivity index (χ4v) is 0.832. The maximum Gasteiger partial charge on any atom is 0.407 e. The van der Waals surface area contributed by atoms with Crippen molar-refractivity contribution in [1.82, 2.24) is 5.32 Å². The lowest BCUT2D eigenvalue weighted by Crippen LogP contribution is -2.57. The lowest BCUT2D eigenvalue weighted by atomic mass is 10.0. The lowest BCUT2D eigenvalue weighted by molar-refractivity contribution is 0.0371. The summed E-state index contributed by atoms with van der Waals surface area (Å²) >= 11 is 16.0. The van der Waals surface area contributed by atoms with Crippen LogP contribution in [0.3, 0.4) is 0 Å². The van der Waals surface area contributed by atoms with Gasteiger partial charge in [0, 0.05) is 0 Å². The number of alkyl carbamates (subject to hydrolysis) is 1. The van der Waals surface area contributed by atoms with Crippen LogP contribution in [0.1, 0.15) is 0 Å². The quantitative estimate of drug-likeness (QED) is 0.527. The molecule has 0 fully saturated rings. The van der Waals surface area contributed by atoms with E-state index in [0.29, 0.717) is 0 Å². The molecule has 0 aliphatic rings. The van der Waals surface area contributed by atoms with E-state index in [4.69, 9.17) is 50.1 Å². The summed E-state index contributed by atoms with van der Waals surface area (Å²) < 4.78 is 2.74. The molecular formula is C7H12Cl3NO5. The second-order valence-electron chi connectivity index (χ2n) is 3.07. The number of rotatable bonds is 5. The fraction of sp³-hybridized carbons (Fsp3) is 0.857. The van der Waals surface area contributed by atoms with E-state index in [0.717, 1.165) is 0 Å². The van der Waals surface area contributed by atoms with Crippen LogP contribution in [0.15, 0.2) is 0 Å². The van der Waals surface area contributed by atoms with E-state index in [1.807, 2.05) is 0 Å². The van der Waals surface area contributed by atoms with E-state index in [2.05, 4.69) is 10.1 Å². The highest BCUT2D eigenvalue weighted by molar-refractivity contribution is 6.67. The van der Waals surface area contributed by atoms with Crippen molar-refractivity contribution in [3.05, 3.63) is 0 Å². The Morgan fingerprint density at radius 3 is 1.88 bits per heavy atom. The van der Waals surface area contributed by atoms with Gasteiger partial charge in [0.2, 0.25) is 3.79 Å². The van der Waals surface area contributed by atoms with Crippen molar-refractivity contribution >= 4 is 40.9 Å². The largest absolute Gasteiger partial charge is 0.445 e. The molecule has 16 heavy (non-hydrogen) atoms. The van der Waals surface area contributed by atoms with E-state index in [1.165, 1.54) is 0 Å². The third-order valence-corrected chi connectivity index (χ3v) is 1.97. The van der Waals surface area contributed by atoms with Crippen LogP contribution >= 0.6 is 34.8 Å². The van der Waals surface area contributed by atoms with Gasteiger partial charge in [0.05, 0.1) is 19.8 Å². The Labute approximate surface area is 107 Å². The first-order valence-electron chi connectivity index (χ1n) is 4.13. The monoisotopic (exact) mass is 295 g/mol. The third-order valence-electron chi connectivity index (χ3n) is 1.64. The Kier molecular flexibility index (Phi) is 6.69. The highest BCUT2D eigenvalue weighted by Crippen LogP contribution is 2.25. The van der Waals surface area contributed by atoms with Crippen LogP contribution < -0.4 is 5.32 Å². The molecule has 96 valence electrons. The number of halogens is 3. The summed E-state index contributed by atoms with van der Waals surface area (Å²) in [6, 6.07) is 0. The molecule has 4 N–H and O–H groups in total. The van der Waals surface area contributed by atoms with Crippen LogP contribution in [-0.4, -0.2) is 57.2 Å². The number of ether oxygens (including phenoxy) is 1. The molecule has 0 aromatic rings. The Hall–Kier alpha value is 0.0200. The maximum absolute atomic E-state index is 11.1. The molecule has 0 atom stereocenters. The molecule has 0 aromatic heterocycles. The van der Waals surface area contributed by atoms with Gasteiger partial charge in [0.15, 0.2) is 0 Å². The number of nitrogens with one attached hydrogen (secondary N) is 1. The highest BCUT2D eigenvalue weighted by atomic mass is 35.6. The number of aliphatic hydroxyl groups excluding tert-OH is 3. The molecule has 0 heterocycles. The lowest BCUT2D eigenvalue weighted by Gasteiger charge is -2.28. The minimum atomic E-state index is -1.75. The van der Waals surface area contributed by atoms with E-state index in [-0.39, 0.29) is 0 Å². The molecule has 0 aliphatic carbocycles. The zero-order valence-electron chi connectivity index (χ0n) is 8.12. The molecule has 0 rings (SSSR count). The number of amides is 1. The number of carbonyl (C=O) groups is 1. The van der Waals surface area contributed by atoms with Crippen molar-refractivity contribution in [2.75, 3.05) is 26.4 Å². The van der Waals surface area contributed by atoms with E-state index >= 15 is 0 Å². The average molecular weight is 297 g/mol. The van der Waals surface area contributed by atoms with Crippen LogP contribution in [0.25, 0.3) is 0 Å². The van der Waals surface area contributed by atoms with Crippen LogP contribution in [0.4, 0.5) is 4.79 Å². The van der Waals surface area contributed by atoms with Gasteiger partial charge >= 0.3 is 6.09 Å². The molecule has 0 radical (unpaired) electrons. The number of aliphatic hydroxyl groups is 3. The average Bonchev–Trinajstić information content (AvgIpc) is 2.22. The second kappa shape index (κ2) is 6.68. The topological polar surface area (TPSA) is 99.0 Å². The first kappa shape index (κ1) is 16.0. The minimum Gasteiger partial charge on any atom is -0.445 e. The van der Waals surface area contributed by atoms with Crippen molar-refractivity contribution in [2.24, 2.45) is 0 Å². The van der Waals surface area contributed by atoms with Crippen molar-refractivity contribution in [3.63, 3.8) is 0 Å². The van der Waals surface area contributed by atoms with Gasteiger partial charge in [-0.1, -0.05) is 34.8 Å². The number of hydrogen-bond acceptors (Lipinski definition) is 5. The smallest absolute Gasteiger partial charge is 0.407 e. The predicted octanol–water partition coefficient (Wildman–Crippen LogP) is -0.201. The van der Waals surface area contributed by atoms with Gasteiger partial charge < -0.3 is 25.4 Å². The summed E-state index contributed by atoms with van der Waals surface area (Å²) in [5.74, 6) is 0. The van der Waals surface area contributed by atoms with Crippen LogP contribution in [0.2, 0.25) is 0 Å². The zero-order valence-corrected chi connectivity index (χ0v) is 10.4. The predicted molar refractivity (Wildman–Crippen MR) is 58.8 cm³/mol. The number of carbonyl (C=O) groups excluding carboxylic acids is 1. The van der Waals surface area contributed by atoms with Crippen molar-refractivity contribution < 1.29 is 24.9 Å². The Bertz CT molecular complexity index is 220. The molecule has 0 unspecified atom stereocenters.